The maximum absolute atomic E-state index is 6.45. The predicted molar refractivity (Wildman–Crippen MR) is 71.0 cm³/mol. The first-order valence-corrected chi connectivity index (χ1v) is 6.71. The quantitative estimate of drug-likeness (QED) is 0.867. The number of aryl methyl sites for hydroxylation is 1. The maximum Gasteiger partial charge on any atom is 0.0486 e. The molecule has 1 fully saturated rings. The van der Waals surface area contributed by atoms with Gasteiger partial charge in [-0.25, -0.2) is 0 Å². The van der Waals surface area contributed by atoms with Gasteiger partial charge in [-0.05, 0) is 36.8 Å². The van der Waals surface area contributed by atoms with Crippen molar-refractivity contribution >= 4 is 0 Å². The Balaban J connectivity index is 2.06. The van der Waals surface area contributed by atoms with E-state index in [1.807, 2.05) is 0 Å². The van der Waals surface area contributed by atoms with Crippen LogP contribution in [0.1, 0.15) is 43.7 Å². The number of rotatable bonds is 4. The van der Waals surface area contributed by atoms with Gasteiger partial charge < -0.3 is 10.5 Å². The zero-order valence-electron chi connectivity index (χ0n) is 10.7. The zero-order valence-corrected chi connectivity index (χ0v) is 10.7. The van der Waals surface area contributed by atoms with Crippen molar-refractivity contribution in [2.24, 2.45) is 5.73 Å². The Morgan fingerprint density at radius 3 is 2.41 bits per heavy atom. The number of unbranched alkanes of at least 4 members (excludes halogenated alkanes) is 1. The van der Waals surface area contributed by atoms with Gasteiger partial charge >= 0.3 is 0 Å². The van der Waals surface area contributed by atoms with Gasteiger partial charge in [0.05, 0.1) is 0 Å². The third-order valence-electron chi connectivity index (χ3n) is 3.73. The summed E-state index contributed by atoms with van der Waals surface area (Å²) in [6.45, 7) is 3.80. The van der Waals surface area contributed by atoms with Gasteiger partial charge in [0.25, 0.3) is 0 Å². The van der Waals surface area contributed by atoms with E-state index in [9.17, 15) is 0 Å². The second kappa shape index (κ2) is 5.65. The molecule has 0 bridgehead atoms. The molecule has 0 radical (unpaired) electrons. The lowest BCUT2D eigenvalue weighted by molar-refractivity contribution is 0.0522. The monoisotopic (exact) mass is 233 g/mol. The van der Waals surface area contributed by atoms with Gasteiger partial charge in [0.2, 0.25) is 0 Å². The normalized spacial score (nSPS) is 19.2. The van der Waals surface area contributed by atoms with Gasteiger partial charge in [0, 0.05) is 18.8 Å². The smallest absolute Gasteiger partial charge is 0.0486 e. The highest BCUT2D eigenvalue weighted by Crippen LogP contribution is 2.29. The van der Waals surface area contributed by atoms with Crippen LogP contribution < -0.4 is 5.73 Å². The van der Waals surface area contributed by atoms with Crippen molar-refractivity contribution in [3.63, 3.8) is 0 Å². The van der Waals surface area contributed by atoms with Crippen LogP contribution in [-0.2, 0) is 16.7 Å². The highest BCUT2D eigenvalue weighted by Gasteiger charge is 2.29. The van der Waals surface area contributed by atoms with Gasteiger partial charge in [-0.1, -0.05) is 37.6 Å². The molecule has 2 heteroatoms. The Morgan fingerprint density at radius 1 is 1.18 bits per heavy atom. The van der Waals surface area contributed by atoms with Crippen LogP contribution in [0.15, 0.2) is 24.3 Å². The van der Waals surface area contributed by atoms with Crippen LogP contribution in [0.3, 0.4) is 0 Å². The fourth-order valence-corrected chi connectivity index (χ4v) is 2.41. The predicted octanol–water partition coefficient (Wildman–Crippen LogP) is 2.99. The second-order valence-corrected chi connectivity index (χ2v) is 5.07. The van der Waals surface area contributed by atoms with Gasteiger partial charge in [-0.15, -0.1) is 0 Å². The summed E-state index contributed by atoms with van der Waals surface area (Å²) in [5.74, 6) is 0. The minimum absolute atomic E-state index is 0.165. The summed E-state index contributed by atoms with van der Waals surface area (Å²) >= 11 is 0. The molecule has 0 aromatic heterocycles. The fraction of sp³-hybridized carbons (Fsp3) is 0.600. The molecule has 17 heavy (non-hydrogen) atoms. The third kappa shape index (κ3) is 3.08. The molecule has 2 nitrogen and oxygen atoms in total. The molecule has 0 saturated carbocycles. The van der Waals surface area contributed by atoms with E-state index >= 15 is 0 Å². The van der Waals surface area contributed by atoms with E-state index in [1.54, 1.807) is 0 Å². The Hall–Kier alpha value is -0.860. The van der Waals surface area contributed by atoms with E-state index in [1.165, 1.54) is 30.4 Å². The number of nitrogens with two attached hydrogens (primary N) is 1. The zero-order chi connectivity index (χ0) is 12.1. The van der Waals surface area contributed by atoms with E-state index in [2.05, 4.69) is 31.2 Å². The molecule has 0 unspecified atom stereocenters. The molecule has 1 saturated heterocycles. The summed E-state index contributed by atoms with van der Waals surface area (Å²) in [6, 6.07) is 8.87. The summed E-state index contributed by atoms with van der Waals surface area (Å²) in [4.78, 5) is 0. The minimum atomic E-state index is -0.165. The Morgan fingerprint density at radius 2 is 1.82 bits per heavy atom. The van der Waals surface area contributed by atoms with Gasteiger partial charge in [-0.3, -0.25) is 0 Å². The largest absolute Gasteiger partial charge is 0.381 e. The van der Waals surface area contributed by atoms with Gasteiger partial charge in [0.1, 0.15) is 0 Å². The molecule has 0 amide bonds. The van der Waals surface area contributed by atoms with Crippen LogP contribution in [0.25, 0.3) is 0 Å². The van der Waals surface area contributed by atoms with Gasteiger partial charge in [0.15, 0.2) is 0 Å². The first kappa shape index (κ1) is 12.6. The number of benzene rings is 1. The van der Waals surface area contributed by atoms with Crippen LogP contribution in [0.5, 0.6) is 0 Å². The molecule has 1 aromatic rings. The van der Waals surface area contributed by atoms with Crippen molar-refractivity contribution < 1.29 is 4.74 Å². The van der Waals surface area contributed by atoms with Crippen molar-refractivity contribution in [1.29, 1.82) is 0 Å². The molecule has 1 aromatic carbocycles. The molecule has 1 heterocycles. The lowest BCUT2D eigenvalue weighted by Gasteiger charge is -2.34. The number of hydrogen-bond donors (Lipinski definition) is 1. The molecular weight excluding hydrogens is 210 g/mol. The molecule has 1 aliphatic heterocycles. The average molecular weight is 233 g/mol. The highest BCUT2D eigenvalue weighted by molar-refractivity contribution is 5.28. The summed E-state index contributed by atoms with van der Waals surface area (Å²) in [5, 5.41) is 0. The van der Waals surface area contributed by atoms with Crippen molar-refractivity contribution in [3.05, 3.63) is 35.4 Å². The minimum Gasteiger partial charge on any atom is -0.381 e. The van der Waals surface area contributed by atoms with Crippen LogP contribution in [-0.4, -0.2) is 13.2 Å². The summed E-state index contributed by atoms with van der Waals surface area (Å²) in [6.07, 6.45) is 5.56. The molecular formula is C15H23NO. The standard InChI is InChI=1S/C15H23NO/c1-2-3-4-13-5-7-14(8-6-13)15(16)9-11-17-12-10-15/h5-8H,2-4,9-12,16H2,1H3. The average Bonchev–Trinajstić information content (AvgIpc) is 2.38. The molecule has 0 spiro atoms. The first-order valence-electron chi connectivity index (χ1n) is 6.71. The molecule has 2 rings (SSSR count). The lowest BCUT2D eigenvalue weighted by atomic mass is 9.83. The van der Waals surface area contributed by atoms with E-state index in [0.717, 1.165) is 26.1 Å². The fourth-order valence-electron chi connectivity index (χ4n) is 2.41. The molecule has 1 aliphatic rings. The third-order valence-corrected chi connectivity index (χ3v) is 3.73. The van der Waals surface area contributed by atoms with E-state index < -0.39 is 0 Å². The van der Waals surface area contributed by atoms with E-state index in [0.29, 0.717) is 0 Å². The molecule has 2 N–H and O–H groups in total. The molecule has 0 aliphatic carbocycles. The van der Waals surface area contributed by atoms with Crippen molar-refractivity contribution in [2.45, 2.75) is 44.6 Å². The van der Waals surface area contributed by atoms with Crippen LogP contribution in [0.2, 0.25) is 0 Å². The van der Waals surface area contributed by atoms with Crippen LogP contribution in [0.4, 0.5) is 0 Å². The lowest BCUT2D eigenvalue weighted by Crippen LogP contribution is -2.42. The summed E-state index contributed by atoms with van der Waals surface area (Å²) in [5.41, 5.74) is 8.97. The Kier molecular flexibility index (Phi) is 4.19. The van der Waals surface area contributed by atoms with Crippen molar-refractivity contribution in [3.8, 4) is 0 Å². The molecule has 94 valence electrons. The number of ether oxygens (including phenoxy) is 1. The number of hydrogen-bond acceptors (Lipinski definition) is 2. The van der Waals surface area contributed by atoms with E-state index in [-0.39, 0.29) is 5.54 Å². The highest BCUT2D eigenvalue weighted by atomic mass is 16.5. The Bertz CT molecular complexity index is 338. The van der Waals surface area contributed by atoms with Crippen LogP contribution in [0, 0.1) is 0 Å². The maximum atomic E-state index is 6.45. The van der Waals surface area contributed by atoms with Gasteiger partial charge in [-0.2, -0.15) is 0 Å². The van der Waals surface area contributed by atoms with Crippen molar-refractivity contribution in [1.82, 2.24) is 0 Å². The van der Waals surface area contributed by atoms with Crippen molar-refractivity contribution in [2.75, 3.05) is 13.2 Å². The summed E-state index contributed by atoms with van der Waals surface area (Å²) < 4.78 is 5.38. The summed E-state index contributed by atoms with van der Waals surface area (Å²) in [7, 11) is 0. The second-order valence-electron chi connectivity index (χ2n) is 5.07. The topological polar surface area (TPSA) is 35.2 Å². The van der Waals surface area contributed by atoms with Crippen LogP contribution >= 0.6 is 0 Å². The Labute approximate surface area is 104 Å². The SMILES string of the molecule is CCCCc1ccc(C2(N)CCOCC2)cc1. The first-order chi connectivity index (χ1) is 8.24. The van der Waals surface area contributed by atoms with E-state index in [4.69, 9.17) is 10.5 Å². The molecule has 0 atom stereocenters.